The third-order valence-electron chi connectivity index (χ3n) is 12.3. The molecule has 0 bridgehead atoms. The Morgan fingerprint density at radius 1 is 0.321 bits per heavy atom. The minimum Gasteiger partial charge on any atom is -0.456 e. The summed E-state index contributed by atoms with van der Waals surface area (Å²) in [6, 6.07) is 75.8. The van der Waals surface area contributed by atoms with Crippen LogP contribution in [-0.2, 0) is 5.41 Å². The van der Waals surface area contributed by atoms with Crippen LogP contribution in [-0.4, -0.2) is 0 Å². The van der Waals surface area contributed by atoms with Crippen LogP contribution in [0.15, 0.2) is 211 Å². The lowest BCUT2D eigenvalue weighted by Gasteiger charge is -2.34. The molecule has 11 aromatic rings. The smallest absolute Gasteiger partial charge is 0.136 e. The first-order valence-electron chi connectivity index (χ1n) is 19.4. The van der Waals surface area contributed by atoms with Crippen LogP contribution in [0.1, 0.15) is 22.3 Å². The molecule has 10 aromatic carbocycles. The number of rotatable bonds is 4. The van der Waals surface area contributed by atoms with E-state index in [0.717, 1.165) is 22.1 Å². The highest BCUT2D eigenvalue weighted by molar-refractivity contribution is 6.23. The van der Waals surface area contributed by atoms with E-state index < -0.39 is 5.41 Å². The van der Waals surface area contributed by atoms with Gasteiger partial charge in [-0.2, -0.15) is 0 Å². The fourth-order valence-corrected chi connectivity index (χ4v) is 10.1. The molecule has 0 spiro atoms. The predicted octanol–water partition coefficient (Wildman–Crippen LogP) is 14.7. The molecule has 260 valence electrons. The van der Waals surface area contributed by atoms with Gasteiger partial charge in [-0.1, -0.05) is 182 Å². The second-order valence-corrected chi connectivity index (χ2v) is 15.1. The van der Waals surface area contributed by atoms with Crippen molar-refractivity contribution >= 4 is 54.3 Å². The normalized spacial score (nSPS) is 13.1. The molecule has 1 aliphatic carbocycles. The first-order chi connectivity index (χ1) is 27.8. The zero-order valence-corrected chi connectivity index (χ0v) is 30.5. The van der Waals surface area contributed by atoms with Crippen LogP contribution in [0.2, 0.25) is 0 Å². The molecule has 1 aliphatic rings. The van der Waals surface area contributed by atoms with Gasteiger partial charge in [0.1, 0.15) is 11.2 Å². The predicted molar refractivity (Wildman–Crippen MR) is 234 cm³/mol. The van der Waals surface area contributed by atoms with Gasteiger partial charge in [0.2, 0.25) is 0 Å². The zero-order chi connectivity index (χ0) is 36.8. The molecule has 0 atom stereocenters. The summed E-state index contributed by atoms with van der Waals surface area (Å²) in [5.74, 6) is 0. The molecule has 0 amide bonds. The molecule has 1 heteroatoms. The second kappa shape index (κ2) is 11.9. The van der Waals surface area contributed by atoms with Gasteiger partial charge >= 0.3 is 0 Å². The van der Waals surface area contributed by atoms with Crippen molar-refractivity contribution in [3.8, 4) is 33.4 Å². The van der Waals surface area contributed by atoms with E-state index in [0.29, 0.717) is 0 Å². The molecule has 56 heavy (non-hydrogen) atoms. The number of benzene rings is 10. The van der Waals surface area contributed by atoms with Gasteiger partial charge in [0, 0.05) is 10.8 Å². The summed E-state index contributed by atoms with van der Waals surface area (Å²) in [6.45, 7) is 0. The summed E-state index contributed by atoms with van der Waals surface area (Å²) in [4.78, 5) is 0. The summed E-state index contributed by atoms with van der Waals surface area (Å²) in [6.07, 6.45) is 0. The van der Waals surface area contributed by atoms with E-state index in [4.69, 9.17) is 4.42 Å². The standard InChI is InChI=1S/C55H34O/c1-3-16-38(17-4-1)55(39-18-5-2-6-19-39)48-26-14-13-21-41(48)42-30-27-36(33-49(42)55)52-43-22-9-11-24-45(43)53(46-25-12-10-23-44(46)52)37-28-31-47-51(34-37)56-50-32-29-35-15-7-8-20-40(35)54(47)50/h1-34H. The van der Waals surface area contributed by atoms with Gasteiger partial charge in [0.25, 0.3) is 0 Å². The van der Waals surface area contributed by atoms with Crippen LogP contribution in [0.5, 0.6) is 0 Å². The van der Waals surface area contributed by atoms with Crippen LogP contribution in [0.3, 0.4) is 0 Å². The molecular weight excluding hydrogens is 677 g/mol. The quantitative estimate of drug-likeness (QED) is 0.166. The Labute approximate surface area is 324 Å². The minimum absolute atomic E-state index is 0.469. The summed E-state index contributed by atoms with van der Waals surface area (Å²) >= 11 is 0. The molecule has 0 saturated heterocycles. The maximum absolute atomic E-state index is 6.60. The van der Waals surface area contributed by atoms with E-state index in [1.165, 1.54) is 87.8 Å². The van der Waals surface area contributed by atoms with Crippen molar-refractivity contribution < 1.29 is 4.42 Å². The first-order valence-corrected chi connectivity index (χ1v) is 19.4. The molecule has 0 aliphatic heterocycles. The third kappa shape index (κ3) is 4.26. The maximum Gasteiger partial charge on any atom is 0.136 e. The van der Waals surface area contributed by atoms with Crippen molar-refractivity contribution in [1.82, 2.24) is 0 Å². The molecule has 1 aromatic heterocycles. The topological polar surface area (TPSA) is 13.1 Å². The summed E-state index contributed by atoms with van der Waals surface area (Å²) < 4.78 is 6.60. The average Bonchev–Trinajstić information content (AvgIpc) is 3.79. The van der Waals surface area contributed by atoms with E-state index in [1.54, 1.807) is 0 Å². The molecule has 1 nitrogen and oxygen atoms in total. The number of fused-ring (bicyclic) bond motifs is 10. The van der Waals surface area contributed by atoms with Crippen LogP contribution in [0, 0.1) is 0 Å². The maximum atomic E-state index is 6.60. The largest absolute Gasteiger partial charge is 0.456 e. The van der Waals surface area contributed by atoms with Gasteiger partial charge in [-0.15, -0.1) is 0 Å². The fourth-order valence-electron chi connectivity index (χ4n) is 10.1. The lowest BCUT2D eigenvalue weighted by Crippen LogP contribution is -2.28. The summed E-state index contributed by atoms with van der Waals surface area (Å²) in [5.41, 5.74) is 14.0. The monoisotopic (exact) mass is 710 g/mol. The molecule has 0 radical (unpaired) electrons. The molecule has 0 saturated carbocycles. The highest BCUT2D eigenvalue weighted by atomic mass is 16.3. The summed E-state index contributed by atoms with van der Waals surface area (Å²) in [5, 5.41) is 9.68. The molecule has 0 fully saturated rings. The van der Waals surface area contributed by atoms with Crippen LogP contribution in [0.25, 0.3) is 87.6 Å². The molecule has 0 N–H and O–H groups in total. The summed E-state index contributed by atoms with van der Waals surface area (Å²) in [7, 11) is 0. The SMILES string of the molecule is c1ccc(C2(c3ccccc3)c3ccccc3-c3ccc(-c4c5ccccc5c(-c5ccc6c(c5)oc5ccc7ccccc7c56)c5ccccc45)cc32)cc1. The molecule has 1 heterocycles. The number of hydrogen-bond donors (Lipinski definition) is 0. The van der Waals surface area contributed by atoms with Crippen molar-refractivity contribution in [3.05, 3.63) is 229 Å². The van der Waals surface area contributed by atoms with Crippen molar-refractivity contribution in [2.75, 3.05) is 0 Å². The Hall–Kier alpha value is -7.22. The zero-order valence-electron chi connectivity index (χ0n) is 30.5. The van der Waals surface area contributed by atoms with Gasteiger partial charge in [-0.3, -0.25) is 0 Å². The highest BCUT2D eigenvalue weighted by Gasteiger charge is 2.46. The van der Waals surface area contributed by atoms with E-state index in [-0.39, 0.29) is 0 Å². The van der Waals surface area contributed by atoms with Crippen LogP contribution < -0.4 is 0 Å². The van der Waals surface area contributed by atoms with Crippen molar-refractivity contribution in [2.45, 2.75) is 5.41 Å². The molecular formula is C55H34O. The molecule has 12 rings (SSSR count). The second-order valence-electron chi connectivity index (χ2n) is 15.1. The van der Waals surface area contributed by atoms with Gasteiger partial charge in [0.05, 0.1) is 5.41 Å². The van der Waals surface area contributed by atoms with E-state index in [2.05, 4.69) is 206 Å². The van der Waals surface area contributed by atoms with Gasteiger partial charge in [0.15, 0.2) is 0 Å². The molecule has 0 unspecified atom stereocenters. The Bertz CT molecular complexity index is 3250. The van der Waals surface area contributed by atoms with E-state index in [9.17, 15) is 0 Å². The Kier molecular flexibility index (Phi) is 6.62. The van der Waals surface area contributed by atoms with Crippen LogP contribution >= 0.6 is 0 Å². The average molecular weight is 711 g/mol. The Balaban J connectivity index is 1.13. The van der Waals surface area contributed by atoms with Crippen molar-refractivity contribution in [2.24, 2.45) is 0 Å². The van der Waals surface area contributed by atoms with Crippen LogP contribution in [0.4, 0.5) is 0 Å². The van der Waals surface area contributed by atoms with E-state index in [1.807, 2.05) is 0 Å². The minimum atomic E-state index is -0.469. The third-order valence-corrected chi connectivity index (χ3v) is 12.3. The lowest BCUT2D eigenvalue weighted by atomic mass is 9.67. The first kappa shape index (κ1) is 31.2. The van der Waals surface area contributed by atoms with Gasteiger partial charge in [-0.25, -0.2) is 0 Å². The number of furan rings is 1. The van der Waals surface area contributed by atoms with Gasteiger partial charge in [-0.05, 0) is 112 Å². The van der Waals surface area contributed by atoms with E-state index >= 15 is 0 Å². The van der Waals surface area contributed by atoms with Crippen molar-refractivity contribution in [3.63, 3.8) is 0 Å². The highest BCUT2D eigenvalue weighted by Crippen LogP contribution is 2.57. The Morgan fingerprint density at radius 2 is 0.839 bits per heavy atom. The fraction of sp³-hybridized carbons (Fsp3) is 0.0182. The number of hydrogen-bond acceptors (Lipinski definition) is 1. The van der Waals surface area contributed by atoms with Gasteiger partial charge < -0.3 is 4.42 Å². The lowest BCUT2D eigenvalue weighted by molar-refractivity contribution is 0.669. The van der Waals surface area contributed by atoms with Crippen molar-refractivity contribution in [1.29, 1.82) is 0 Å². The Morgan fingerprint density at radius 3 is 1.50 bits per heavy atom.